The molecule has 3 heterocycles. The molecule has 0 fully saturated rings. The van der Waals surface area contributed by atoms with Crippen molar-refractivity contribution in [3.05, 3.63) is 94.9 Å². The Hall–Kier alpha value is -4.62. The van der Waals surface area contributed by atoms with Gasteiger partial charge in [-0.1, -0.05) is 44.5 Å². The van der Waals surface area contributed by atoms with Gasteiger partial charge in [0.05, 0.1) is 22.5 Å². The number of H-pyrrole nitrogens is 1. The lowest BCUT2D eigenvalue weighted by Gasteiger charge is -2.31. The van der Waals surface area contributed by atoms with E-state index in [1.54, 1.807) is 31.4 Å². The maximum absolute atomic E-state index is 15.7. The van der Waals surface area contributed by atoms with Crippen molar-refractivity contribution in [1.29, 1.82) is 0 Å². The number of carboxylic acid groups (broad SMARTS) is 1. The fraction of sp³-hybridized carbons (Fsp3) is 0.378. The Bertz CT molecular complexity index is 2200. The first-order valence-corrected chi connectivity index (χ1v) is 18.3. The topological polar surface area (TPSA) is 147 Å². The second kappa shape index (κ2) is 13.3. The highest BCUT2D eigenvalue weighted by Gasteiger charge is 2.36. The number of nitrogens with one attached hydrogen (secondary N) is 1. The summed E-state index contributed by atoms with van der Waals surface area (Å²) in [5.41, 5.74) is 0.819. The van der Waals surface area contributed by atoms with Crippen LogP contribution in [0, 0.1) is 17.0 Å². The van der Waals surface area contributed by atoms with Crippen LogP contribution in [0.2, 0.25) is 0 Å². The van der Waals surface area contributed by atoms with E-state index < -0.39 is 44.4 Å². The standard InChI is InChI=1S/C37H40F2N4O6S/c1-36(2)13-6-14-37(3,23-8-5-7-22(17-23)18-31(44)34(45)46)35-41-33(43(4)42-35)27-19-24(9-10-28(27)38)49-32-26(12-16-50(47,48)21-36)25-11-15-40-30(25)20-29(32)39/h5,7-11,15,17,19-20,31,40,44H,6,12-14,16,18,21H2,1-4H3,(H,45,46). The molecule has 1 aliphatic rings. The van der Waals surface area contributed by atoms with E-state index in [1.165, 1.54) is 28.9 Å². The van der Waals surface area contributed by atoms with Gasteiger partial charge in [0.1, 0.15) is 11.6 Å². The van der Waals surface area contributed by atoms with Crippen molar-refractivity contribution in [3.63, 3.8) is 0 Å². The average Bonchev–Trinajstić information content (AvgIpc) is 3.67. The molecule has 0 saturated carbocycles. The van der Waals surface area contributed by atoms with Crippen molar-refractivity contribution in [2.45, 2.75) is 64.4 Å². The zero-order valence-corrected chi connectivity index (χ0v) is 29.2. The van der Waals surface area contributed by atoms with Crippen LogP contribution in [0.25, 0.3) is 22.3 Å². The molecule has 3 aromatic carbocycles. The second-order valence-corrected chi connectivity index (χ2v) is 16.4. The van der Waals surface area contributed by atoms with E-state index >= 15 is 8.78 Å². The number of aromatic amines is 1. The Balaban J connectivity index is 1.50. The normalized spacial score (nSPS) is 19.9. The Morgan fingerprint density at radius 3 is 2.62 bits per heavy atom. The number of carbonyl (C=O) groups is 1. The van der Waals surface area contributed by atoms with Gasteiger partial charge >= 0.3 is 5.97 Å². The highest BCUT2D eigenvalue weighted by molar-refractivity contribution is 7.91. The SMILES string of the molecule is Cn1nc2nc1-c1cc(ccc1F)Oc1c(F)cc3[nH]ccc3c1CCS(=O)(=O)CC(C)(C)CCCC2(C)c1cccc(CC(O)C(=O)O)c1. The van der Waals surface area contributed by atoms with Gasteiger partial charge in [0.2, 0.25) is 0 Å². The van der Waals surface area contributed by atoms with Crippen molar-refractivity contribution in [1.82, 2.24) is 19.7 Å². The minimum absolute atomic E-state index is 0.00550. The second-order valence-electron chi connectivity index (χ2n) is 14.2. The van der Waals surface area contributed by atoms with Gasteiger partial charge in [-0.15, -0.1) is 0 Å². The Labute approximate surface area is 289 Å². The zero-order chi connectivity index (χ0) is 36.0. The quantitative estimate of drug-likeness (QED) is 0.192. The Morgan fingerprint density at radius 1 is 1.08 bits per heavy atom. The first-order chi connectivity index (χ1) is 23.5. The summed E-state index contributed by atoms with van der Waals surface area (Å²) in [5, 5.41) is 24.7. The van der Waals surface area contributed by atoms with Gasteiger partial charge in [0, 0.05) is 42.2 Å². The number of hydrogen-bond acceptors (Lipinski definition) is 7. The number of nitrogens with zero attached hydrogens (tertiary/aromatic N) is 3. The van der Waals surface area contributed by atoms with Crippen molar-refractivity contribution in [2.75, 3.05) is 11.5 Å². The number of ether oxygens (including phenoxy) is 1. The van der Waals surface area contributed by atoms with Crippen LogP contribution < -0.4 is 4.74 Å². The van der Waals surface area contributed by atoms with E-state index in [0.717, 1.165) is 5.56 Å². The number of carboxylic acids is 1. The van der Waals surface area contributed by atoms with Crippen LogP contribution >= 0.6 is 0 Å². The van der Waals surface area contributed by atoms with Crippen LogP contribution in [0.3, 0.4) is 0 Å². The van der Waals surface area contributed by atoms with Crippen LogP contribution in [-0.4, -0.2) is 62.0 Å². The first kappa shape index (κ1) is 35.2. The first-order valence-electron chi connectivity index (χ1n) is 16.4. The minimum Gasteiger partial charge on any atom is -0.479 e. The number of rotatable bonds is 4. The molecular weight excluding hydrogens is 666 g/mol. The predicted octanol–water partition coefficient (Wildman–Crippen LogP) is 6.50. The van der Waals surface area contributed by atoms with Crippen molar-refractivity contribution in [3.8, 4) is 22.9 Å². The van der Waals surface area contributed by atoms with Gasteiger partial charge in [0.25, 0.3) is 0 Å². The minimum atomic E-state index is -3.62. The molecule has 3 N–H and O–H groups in total. The van der Waals surface area contributed by atoms with Gasteiger partial charge in [-0.3, -0.25) is 0 Å². The summed E-state index contributed by atoms with van der Waals surface area (Å²) < 4.78 is 66.0. The number of fused-ring (bicyclic) bond motifs is 8. The fourth-order valence-electron chi connectivity index (χ4n) is 6.95. The third-order valence-electron chi connectivity index (χ3n) is 9.60. The van der Waals surface area contributed by atoms with E-state index in [2.05, 4.69) is 4.98 Å². The average molecular weight is 707 g/mol. The molecule has 0 saturated heterocycles. The zero-order valence-electron chi connectivity index (χ0n) is 28.3. The van der Waals surface area contributed by atoms with E-state index in [9.17, 15) is 23.4 Å². The highest BCUT2D eigenvalue weighted by atomic mass is 32.2. The fourth-order valence-corrected chi connectivity index (χ4v) is 8.94. The van der Waals surface area contributed by atoms with Crippen LogP contribution in [-0.2, 0) is 39.9 Å². The molecule has 2 aromatic heterocycles. The lowest BCUT2D eigenvalue weighted by atomic mass is 9.75. The number of benzene rings is 3. The van der Waals surface area contributed by atoms with E-state index in [0.29, 0.717) is 47.1 Å². The predicted molar refractivity (Wildman–Crippen MR) is 185 cm³/mol. The number of aliphatic hydroxyl groups excluding tert-OH is 1. The molecule has 13 heteroatoms. The monoisotopic (exact) mass is 706 g/mol. The summed E-state index contributed by atoms with van der Waals surface area (Å²) in [5.74, 6) is -2.37. The third kappa shape index (κ3) is 7.15. The van der Waals surface area contributed by atoms with Gasteiger partial charge in [0.15, 0.2) is 39.2 Å². The summed E-state index contributed by atoms with van der Waals surface area (Å²) in [6.45, 7) is 5.75. The molecule has 5 aromatic rings. The number of halogens is 2. The smallest absolute Gasteiger partial charge is 0.332 e. The molecule has 2 unspecified atom stereocenters. The molecule has 0 aliphatic carbocycles. The number of aryl methyl sites for hydroxylation is 2. The maximum atomic E-state index is 15.7. The summed E-state index contributed by atoms with van der Waals surface area (Å²) in [4.78, 5) is 19.2. The molecule has 6 rings (SSSR count). The molecule has 4 bridgehead atoms. The maximum Gasteiger partial charge on any atom is 0.332 e. The summed E-state index contributed by atoms with van der Waals surface area (Å²) >= 11 is 0. The molecule has 0 spiro atoms. The molecular formula is C37H40F2N4O6S. The lowest BCUT2D eigenvalue weighted by molar-refractivity contribution is -0.146. The van der Waals surface area contributed by atoms with E-state index in [-0.39, 0.29) is 47.2 Å². The third-order valence-corrected chi connectivity index (χ3v) is 11.7. The van der Waals surface area contributed by atoms with Gasteiger partial charge in [-0.2, -0.15) is 5.10 Å². The van der Waals surface area contributed by atoms with E-state index in [4.69, 9.17) is 14.8 Å². The molecule has 0 amide bonds. The number of aliphatic hydroxyl groups is 1. The number of aromatic nitrogens is 4. The van der Waals surface area contributed by atoms with Gasteiger partial charge in [-0.05, 0) is 67.0 Å². The van der Waals surface area contributed by atoms with Crippen molar-refractivity contribution < 1.29 is 36.9 Å². The highest BCUT2D eigenvalue weighted by Crippen LogP contribution is 2.41. The van der Waals surface area contributed by atoms with Crippen molar-refractivity contribution >= 4 is 26.7 Å². The van der Waals surface area contributed by atoms with Gasteiger partial charge in [-0.25, -0.2) is 31.7 Å². The Morgan fingerprint density at radius 2 is 1.86 bits per heavy atom. The number of hydrogen-bond donors (Lipinski definition) is 3. The van der Waals surface area contributed by atoms with Gasteiger partial charge < -0.3 is 19.9 Å². The number of sulfone groups is 1. The number of aliphatic carboxylic acids is 1. The molecule has 1 aliphatic heterocycles. The molecule has 0 radical (unpaired) electrons. The van der Waals surface area contributed by atoms with Crippen LogP contribution in [0.5, 0.6) is 11.5 Å². The molecule has 2 atom stereocenters. The molecule has 50 heavy (non-hydrogen) atoms. The Kier molecular flexibility index (Phi) is 9.33. The summed E-state index contributed by atoms with van der Waals surface area (Å²) in [7, 11) is -1.97. The van der Waals surface area contributed by atoms with Crippen LogP contribution in [0.1, 0.15) is 62.5 Å². The molecule has 264 valence electrons. The largest absolute Gasteiger partial charge is 0.479 e. The molecule has 10 nitrogen and oxygen atoms in total. The summed E-state index contributed by atoms with van der Waals surface area (Å²) in [6.07, 6.45) is 1.55. The van der Waals surface area contributed by atoms with Crippen molar-refractivity contribution in [2.24, 2.45) is 12.5 Å². The summed E-state index contributed by atoms with van der Waals surface area (Å²) in [6, 6.07) is 14.2. The lowest BCUT2D eigenvalue weighted by Crippen LogP contribution is -2.29. The van der Waals surface area contributed by atoms with Crippen LogP contribution in [0.15, 0.2) is 60.8 Å². The van der Waals surface area contributed by atoms with E-state index in [1.807, 2.05) is 32.9 Å². The van der Waals surface area contributed by atoms with Crippen LogP contribution in [0.4, 0.5) is 8.78 Å².